The molecule has 0 saturated carbocycles. The Kier molecular flexibility index (Phi) is 2.92. The Hall–Kier alpha value is -0.976. The second kappa shape index (κ2) is 4.26. The van der Waals surface area contributed by atoms with Crippen LogP contribution in [0.15, 0.2) is 52.4 Å². The molecule has 0 fully saturated rings. The molecule has 1 aromatic carbocycles. The van der Waals surface area contributed by atoms with Crippen molar-refractivity contribution in [1.82, 2.24) is 0 Å². The Morgan fingerprint density at radius 3 is 2.68 bits per heavy atom. The molecule has 0 N–H and O–H groups in total. The number of hydrogen-bond acceptors (Lipinski definition) is 0. The number of allylic oxidation sites excluding steroid dienone is 5. The van der Waals surface area contributed by atoms with Crippen LogP contribution in [0.1, 0.15) is 28.7 Å². The maximum atomic E-state index is 2.58. The quantitative estimate of drug-likeness (QED) is 0.655. The van der Waals surface area contributed by atoms with Crippen molar-refractivity contribution < 1.29 is 14.8 Å². The summed E-state index contributed by atoms with van der Waals surface area (Å²) >= 11 is -2.80. The normalized spacial score (nSPS) is 21.5. The molecule has 0 aromatic heterocycles. The summed E-state index contributed by atoms with van der Waals surface area (Å²) in [5.41, 5.74) is 2.95. The summed E-state index contributed by atoms with van der Waals surface area (Å²) in [5, 5.41) is 5.15. The first kappa shape index (κ1) is 13.0. The second-order valence-corrected chi connectivity index (χ2v) is 17.7. The van der Waals surface area contributed by atoms with Crippen LogP contribution in [0.3, 0.4) is 0 Å². The zero-order valence-corrected chi connectivity index (χ0v) is 13.6. The first-order chi connectivity index (χ1) is 9.05. The van der Waals surface area contributed by atoms with Crippen LogP contribution in [0.4, 0.5) is 0 Å². The van der Waals surface area contributed by atoms with E-state index in [1.165, 1.54) is 11.1 Å². The molecular formula is C18H22Ti. The fraction of sp³-hybridized carbons (Fsp3) is 0.278. The van der Waals surface area contributed by atoms with Gasteiger partial charge in [-0.2, -0.15) is 0 Å². The summed E-state index contributed by atoms with van der Waals surface area (Å²) in [5.74, 6) is 0. The zero-order chi connectivity index (χ0) is 13.5. The van der Waals surface area contributed by atoms with Gasteiger partial charge in [-0.15, -0.1) is 0 Å². The van der Waals surface area contributed by atoms with Crippen molar-refractivity contribution in [2.24, 2.45) is 0 Å². The first-order valence-corrected chi connectivity index (χ1v) is 12.9. The van der Waals surface area contributed by atoms with E-state index in [1.807, 2.05) is 0 Å². The summed E-state index contributed by atoms with van der Waals surface area (Å²) in [6, 6.07) is 8.89. The third-order valence-corrected chi connectivity index (χ3v) is 15.7. The van der Waals surface area contributed by atoms with Gasteiger partial charge >= 0.3 is 117 Å². The van der Waals surface area contributed by atoms with Crippen LogP contribution in [-0.4, -0.2) is 4.31 Å². The molecule has 19 heavy (non-hydrogen) atoms. The van der Waals surface area contributed by atoms with Crippen molar-refractivity contribution in [2.75, 3.05) is 0 Å². The predicted molar refractivity (Wildman–Crippen MR) is 83.5 cm³/mol. The molecule has 0 bridgehead atoms. The maximum absolute atomic E-state index is 2.80. The Morgan fingerprint density at radius 2 is 2.00 bits per heavy atom. The SMILES string of the molecule is C[CH]=[Ti]([CH3])([CH3])([C]1=CC=CC1)[CH]1C=Cc2ccccc21. The van der Waals surface area contributed by atoms with Crippen LogP contribution in [0, 0.1) is 0 Å². The van der Waals surface area contributed by atoms with Crippen molar-refractivity contribution in [2.45, 2.75) is 28.0 Å². The molecule has 0 aliphatic heterocycles. The van der Waals surface area contributed by atoms with Crippen LogP contribution in [-0.2, 0) is 14.8 Å². The number of benzene rings is 1. The molecule has 0 heterocycles. The fourth-order valence-electron chi connectivity index (χ4n) is 3.62. The Bertz CT molecular complexity index is 677. The van der Waals surface area contributed by atoms with Gasteiger partial charge in [-0.05, 0) is 0 Å². The van der Waals surface area contributed by atoms with E-state index in [1.54, 1.807) is 3.88 Å². The average molecular weight is 286 g/mol. The Morgan fingerprint density at radius 1 is 1.21 bits per heavy atom. The fourth-order valence-corrected chi connectivity index (χ4v) is 10.5. The number of fused-ring (bicyclic) bond motifs is 1. The van der Waals surface area contributed by atoms with Gasteiger partial charge in [0.05, 0.1) is 0 Å². The molecule has 98 valence electrons. The summed E-state index contributed by atoms with van der Waals surface area (Å²) in [6.45, 7) is 2.28. The summed E-state index contributed by atoms with van der Waals surface area (Å²) in [4.78, 5) is 0. The van der Waals surface area contributed by atoms with Gasteiger partial charge in [-0.1, -0.05) is 0 Å². The van der Waals surface area contributed by atoms with E-state index in [4.69, 9.17) is 0 Å². The summed E-state index contributed by atoms with van der Waals surface area (Å²) in [7, 11) is 0. The van der Waals surface area contributed by atoms with E-state index in [0.717, 1.165) is 6.42 Å². The summed E-state index contributed by atoms with van der Waals surface area (Å²) in [6.07, 6.45) is 12.9. The molecule has 2 aliphatic rings. The average Bonchev–Trinajstić information content (AvgIpc) is 3.09. The van der Waals surface area contributed by atoms with Gasteiger partial charge < -0.3 is 0 Å². The van der Waals surface area contributed by atoms with Crippen molar-refractivity contribution in [3.05, 3.63) is 63.6 Å². The van der Waals surface area contributed by atoms with Gasteiger partial charge in [-0.3, -0.25) is 0 Å². The zero-order valence-electron chi connectivity index (χ0n) is 12.1. The van der Waals surface area contributed by atoms with E-state index >= 15 is 0 Å². The van der Waals surface area contributed by atoms with E-state index in [-0.39, 0.29) is 0 Å². The molecule has 2 aliphatic carbocycles. The van der Waals surface area contributed by atoms with Crippen molar-refractivity contribution >= 4 is 10.4 Å². The monoisotopic (exact) mass is 286 g/mol. The minimum atomic E-state index is -2.80. The molecule has 0 nitrogen and oxygen atoms in total. The Labute approximate surface area is 116 Å². The third-order valence-electron chi connectivity index (χ3n) is 5.43. The van der Waals surface area contributed by atoms with Gasteiger partial charge in [-0.25, -0.2) is 0 Å². The number of rotatable bonds is 2. The molecule has 0 saturated heterocycles. The third kappa shape index (κ3) is 1.81. The molecule has 0 spiro atoms. The van der Waals surface area contributed by atoms with Crippen molar-refractivity contribution in [3.8, 4) is 0 Å². The van der Waals surface area contributed by atoms with E-state index in [9.17, 15) is 0 Å². The van der Waals surface area contributed by atoms with Gasteiger partial charge in [0, 0.05) is 0 Å². The molecular weight excluding hydrogens is 264 g/mol. The van der Waals surface area contributed by atoms with E-state index < -0.39 is 14.8 Å². The Balaban J connectivity index is 2.19. The van der Waals surface area contributed by atoms with Crippen LogP contribution < -0.4 is 0 Å². The molecule has 1 heteroatoms. The molecule has 1 aromatic rings. The van der Waals surface area contributed by atoms with Crippen LogP contribution in [0.25, 0.3) is 6.08 Å². The van der Waals surface area contributed by atoms with Crippen LogP contribution in [0.5, 0.6) is 0 Å². The van der Waals surface area contributed by atoms with Crippen molar-refractivity contribution in [3.63, 3.8) is 0 Å². The first-order valence-electron chi connectivity index (χ1n) is 7.19. The molecule has 0 radical (unpaired) electrons. The molecule has 0 amide bonds. The predicted octanol–water partition coefficient (Wildman–Crippen LogP) is 5.21. The molecule has 1 unspecified atom stereocenters. The number of hydrogen-bond donors (Lipinski definition) is 0. The van der Waals surface area contributed by atoms with Crippen molar-refractivity contribution in [1.29, 1.82) is 0 Å². The standard InChI is InChI=1S/C9H7.C5H5.C2H4.2CH3.Ti/c1-2-5-9-7-3-6-8(9)4-1;1-2-4-5-3-1;1-2;;;/h1-7H;1-3H,4H2;1H,2H3;2*1H3;. The summed E-state index contributed by atoms with van der Waals surface area (Å²) < 4.78 is 4.89. The van der Waals surface area contributed by atoms with Crippen LogP contribution in [0.2, 0.25) is 10.5 Å². The van der Waals surface area contributed by atoms with Crippen LogP contribution >= 0.6 is 0 Å². The van der Waals surface area contributed by atoms with Gasteiger partial charge in [0.25, 0.3) is 0 Å². The second-order valence-electron chi connectivity index (χ2n) is 6.69. The van der Waals surface area contributed by atoms with E-state index in [0.29, 0.717) is 4.22 Å². The van der Waals surface area contributed by atoms with Gasteiger partial charge in [0.1, 0.15) is 0 Å². The molecule has 3 rings (SSSR count). The van der Waals surface area contributed by atoms with Gasteiger partial charge in [0.2, 0.25) is 0 Å². The van der Waals surface area contributed by atoms with E-state index in [2.05, 4.69) is 76.3 Å². The minimum absolute atomic E-state index is 0.615. The topological polar surface area (TPSA) is 0 Å². The van der Waals surface area contributed by atoms with Gasteiger partial charge in [0.15, 0.2) is 0 Å². The molecule has 1 atom stereocenters.